The van der Waals surface area contributed by atoms with Crippen LogP contribution in [0.2, 0.25) is 0 Å². The van der Waals surface area contributed by atoms with Gasteiger partial charge in [-0.05, 0) is 105 Å². The number of hydrogen-bond donors (Lipinski definition) is 2. The summed E-state index contributed by atoms with van der Waals surface area (Å²) in [7, 11) is 0. The topological polar surface area (TPSA) is 116 Å². The Bertz CT molecular complexity index is 2450. The fraction of sp³-hybridized carbons (Fsp3) is 0.349. The normalized spacial score (nSPS) is 24.1. The summed E-state index contributed by atoms with van der Waals surface area (Å²) in [6.07, 6.45) is 4.68. The van der Waals surface area contributed by atoms with E-state index in [0.717, 1.165) is 70.0 Å². The molecular weight excluding hydrogens is 684 g/mol. The predicted octanol–water partition coefficient (Wildman–Crippen LogP) is 9.45. The van der Waals surface area contributed by atoms with Crippen LogP contribution in [0.4, 0.5) is 14.0 Å². The van der Waals surface area contributed by atoms with E-state index in [1.807, 2.05) is 91.2 Å². The molecule has 4 heterocycles. The Morgan fingerprint density at radius 2 is 1.52 bits per heavy atom. The lowest BCUT2D eigenvalue weighted by Crippen LogP contribution is -2.38. The van der Waals surface area contributed by atoms with E-state index >= 15 is 4.39 Å². The van der Waals surface area contributed by atoms with Crippen molar-refractivity contribution in [2.45, 2.75) is 82.8 Å². The largest absolute Gasteiger partial charge is 0.445 e. The van der Waals surface area contributed by atoms with E-state index in [-0.39, 0.29) is 48.8 Å². The van der Waals surface area contributed by atoms with E-state index in [1.165, 1.54) is 0 Å². The molecule has 11 heteroatoms. The molecule has 0 bridgehead atoms. The van der Waals surface area contributed by atoms with Gasteiger partial charge in [-0.1, -0.05) is 54.6 Å². The summed E-state index contributed by atoms with van der Waals surface area (Å²) in [4.78, 5) is 46.5. The first-order valence-corrected chi connectivity index (χ1v) is 18.9. The maximum Gasteiger partial charge on any atom is 0.411 e. The van der Waals surface area contributed by atoms with E-state index in [4.69, 9.17) is 14.5 Å². The molecule has 0 spiro atoms. The van der Waals surface area contributed by atoms with Crippen LogP contribution in [0.15, 0.2) is 85.1 Å². The first-order valence-electron chi connectivity index (χ1n) is 18.9. The third kappa shape index (κ3) is 5.77. The third-order valence-electron chi connectivity index (χ3n) is 11.5. The molecule has 54 heavy (non-hydrogen) atoms. The minimum atomic E-state index is -0.590. The highest BCUT2D eigenvalue weighted by Gasteiger charge is 2.57. The number of imidazole rings is 2. The molecule has 2 aromatic heterocycles. The van der Waals surface area contributed by atoms with E-state index in [1.54, 1.807) is 18.3 Å². The minimum absolute atomic E-state index is 0.168. The summed E-state index contributed by atoms with van der Waals surface area (Å²) in [5, 5.41) is 1.96. The van der Waals surface area contributed by atoms with Gasteiger partial charge in [-0.3, -0.25) is 9.80 Å². The zero-order valence-corrected chi connectivity index (χ0v) is 30.4. The Labute approximate surface area is 311 Å². The molecule has 0 unspecified atom stereocenters. The van der Waals surface area contributed by atoms with Crippen molar-refractivity contribution in [2.75, 3.05) is 0 Å². The zero-order valence-electron chi connectivity index (χ0n) is 30.4. The lowest BCUT2D eigenvalue weighted by molar-refractivity contribution is 0.0175. The molecule has 2 saturated heterocycles. The lowest BCUT2D eigenvalue weighted by atomic mass is 9.99. The number of piperidine rings is 2. The number of halogens is 1. The van der Waals surface area contributed by atoms with Crippen molar-refractivity contribution < 1.29 is 23.5 Å². The van der Waals surface area contributed by atoms with Gasteiger partial charge in [0.25, 0.3) is 0 Å². The van der Waals surface area contributed by atoms with E-state index in [2.05, 4.69) is 21.0 Å². The van der Waals surface area contributed by atoms with Crippen LogP contribution in [0.3, 0.4) is 0 Å². The standard InChI is InChI=1S/C43H41FN6O4/c1-43(2,3)54-42(52)50-35-18-27(35)19-36(50)39-45-21-33(47-39)30-13-10-25(16-31(30)44)24-9-12-29-26(15-24)11-14-32-38(29)48-40(46-32)37-20-28-17-34(28)49(37)41(51)53-22-23-7-5-4-6-8-23/h4-16,21,27-28,34-37H,17-20,22H2,1-3H3,(H,45,47)(H,46,48)/t27-,28-,34-,35-,36+,37+/m1/s1. The molecule has 6 atom stereocenters. The van der Waals surface area contributed by atoms with Gasteiger partial charge in [0, 0.05) is 23.0 Å². The average molecular weight is 725 g/mol. The molecule has 2 N–H and O–H groups in total. The molecule has 2 saturated carbocycles. The Morgan fingerprint density at radius 1 is 0.815 bits per heavy atom. The molecule has 4 aliphatic rings. The first kappa shape index (κ1) is 32.9. The minimum Gasteiger partial charge on any atom is -0.445 e. The summed E-state index contributed by atoms with van der Waals surface area (Å²) in [6.45, 7) is 5.84. The first-order chi connectivity index (χ1) is 26.1. The number of nitrogens with one attached hydrogen (secondary N) is 2. The average Bonchev–Trinajstić information content (AvgIpc) is 3.77. The quantitative estimate of drug-likeness (QED) is 0.177. The Morgan fingerprint density at radius 3 is 2.26 bits per heavy atom. The number of amides is 2. The van der Waals surface area contributed by atoms with Crippen molar-refractivity contribution in [3.8, 4) is 22.4 Å². The maximum atomic E-state index is 15.8. The number of likely N-dealkylation sites (tertiary alicyclic amines) is 2. The number of nitrogens with zero attached hydrogens (tertiary/aromatic N) is 4. The number of aromatic amines is 2. The molecule has 2 aliphatic heterocycles. The van der Waals surface area contributed by atoms with Gasteiger partial charge in [0.05, 0.1) is 35.0 Å². The fourth-order valence-corrected chi connectivity index (χ4v) is 8.75. The van der Waals surface area contributed by atoms with Gasteiger partial charge in [0.1, 0.15) is 29.7 Å². The molecule has 2 amide bonds. The van der Waals surface area contributed by atoms with E-state index in [0.29, 0.717) is 28.9 Å². The van der Waals surface area contributed by atoms with Crippen molar-refractivity contribution in [1.29, 1.82) is 0 Å². The molecule has 4 aromatic carbocycles. The number of ether oxygens (including phenoxy) is 2. The molecule has 4 fully saturated rings. The van der Waals surface area contributed by atoms with Crippen molar-refractivity contribution >= 4 is 34.0 Å². The molecule has 2 aliphatic carbocycles. The van der Waals surface area contributed by atoms with Crippen LogP contribution in [0.1, 0.15) is 75.8 Å². The van der Waals surface area contributed by atoms with Crippen molar-refractivity contribution in [1.82, 2.24) is 29.7 Å². The summed E-state index contributed by atoms with van der Waals surface area (Å²) in [5.41, 5.74) is 4.73. The second kappa shape index (κ2) is 12.2. The smallest absolute Gasteiger partial charge is 0.411 e. The maximum absolute atomic E-state index is 15.8. The van der Waals surface area contributed by atoms with Gasteiger partial charge in [0.15, 0.2) is 0 Å². The second-order valence-corrected chi connectivity index (χ2v) is 16.4. The van der Waals surface area contributed by atoms with Crippen LogP contribution in [0, 0.1) is 17.7 Å². The van der Waals surface area contributed by atoms with Crippen LogP contribution in [0.5, 0.6) is 0 Å². The number of H-pyrrole nitrogens is 2. The van der Waals surface area contributed by atoms with Gasteiger partial charge >= 0.3 is 12.2 Å². The van der Waals surface area contributed by atoms with Crippen LogP contribution in [-0.2, 0) is 16.1 Å². The van der Waals surface area contributed by atoms with Gasteiger partial charge < -0.3 is 19.4 Å². The molecule has 6 aromatic rings. The van der Waals surface area contributed by atoms with Crippen LogP contribution in [0.25, 0.3) is 44.2 Å². The summed E-state index contributed by atoms with van der Waals surface area (Å²) in [5.74, 6) is 1.97. The highest BCUT2D eigenvalue weighted by molar-refractivity contribution is 6.05. The monoisotopic (exact) mass is 724 g/mol. The lowest BCUT2D eigenvalue weighted by Gasteiger charge is -2.29. The molecule has 10 nitrogen and oxygen atoms in total. The van der Waals surface area contributed by atoms with Crippen molar-refractivity contribution in [3.63, 3.8) is 0 Å². The number of rotatable bonds is 6. The summed E-state index contributed by atoms with van der Waals surface area (Å²) < 4.78 is 27.3. The van der Waals surface area contributed by atoms with Crippen LogP contribution in [-0.4, -0.2) is 59.6 Å². The highest BCUT2D eigenvalue weighted by Crippen LogP contribution is 2.54. The van der Waals surface area contributed by atoms with Gasteiger partial charge in [-0.2, -0.15) is 0 Å². The SMILES string of the molecule is CC(C)(C)OC(=O)N1[C@@H]2C[C@@H]2C[C@H]1c1ncc(-c2ccc(-c3ccc4c(ccc5[nH]c([C@@H]6C[C@H]7C[C@H]7N6C(=O)OCc6ccccc6)nc54)c3)cc2F)[nH]1. The summed E-state index contributed by atoms with van der Waals surface area (Å²) >= 11 is 0. The van der Waals surface area contributed by atoms with Crippen molar-refractivity contribution in [2.24, 2.45) is 11.8 Å². The van der Waals surface area contributed by atoms with E-state index in [9.17, 15) is 9.59 Å². The van der Waals surface area contributed by atoms with Crippen LogP contribution >= 0.6 is 0 Å². The van der Waals surface area contributed by atoms with Gasteiger partial charge in [0.2, 0.25) is 0 Å². The molecule has 0 radical (unpaired) electrons. The molecule has 274 valence electrons. The van der Waals surface area contributed by atoms with Crippen molar-refractivity contribution in [3.05, 3.63) is 108 Å². The third-order valence-corrected chi connectivity index (χ3v) is 11.5. The number of carbonyl (C=O) groups is 2. The second-order valence-electron chi connectivity index (χ2n) is 16.4. The number of fused-ring (bicyclic) bond motifs is 5. The van der Waals surface area contributed by atoms with Gasteiger partial charge in [-0.25, -0.2) is 23.9 Å². The highest BCUT2D eigenvalue weighted by atomic mass is 19.1. The summed E-state index contributed by atoms with van der Waals surface area (Å²) in [6, 6.07) is 25.1. The number of aromatic nitrogens is 4. The van der Waals surface area contributed by atoms with Gasteiger partial charge in [-0.15, -0.1) is 0 Å². The Balaban J connectivity index is 0.874. The predicted molar refractivity (Wildman–Crippen MR) is 202 cm³/mol. The number of benzene rings is 4. The van der Waals surface area contributed by atoms with E-state index < -0.39 is 5.60 Å². The number of hydrogen-bond acceptors (Lipinski definition) is 6. The zero-order chi connectivity index (χ0) is 36.9. The molecule has 10 rings (SSSR count). The Hall–Kier alpha value is -5.71. The fourth-order valence-electron chi connectivity index (χ4n) is 8.75. The number of carbonyl (C=O) groups excluding carboxylic acids is 2. The Kier molecular flexibility index (Phi) is 7.41. The molecular formula is C43H41FN6O4. The van der Waals surface area contributed by atoms with Crippen LogP contribution < -0.4 is 0 Å².